The Kier molecular flexibility index (Phi) is 13.7. The minimum Gasteiger partial charge on any atom is -0.444 e. The van der Waals surface area contributed by atoms with Gasteiger partial charge in [-0.1, -0.05) is 6.92 Å². The summed E-state index contributed by atoms with van der Waals surface area (Å²) < 4.78 is 52.1. The number of aromatic nitrogens is 4. The summed E-state index contributed by atoms with van der Waals surface area (Å²) in [5.41, 5.74) is -0.847. The number of rotatable bonds is 18. The van der Waals surface area contributed by atoms with Gasteiger partial charge in [0.25, 0.3) is 12.3 Å². The molecule has 3 aromatic heterocycles. The van der Waals surface area contributed by atoms with Crippen molar-refractivity contribution in [2.75, 3.05) is 63.3 Å². The lowest BCUT2D eigenvalue weighted by atomic mass is 9.86. The topological polar surface area (TPSA) is 137 Å². The molecular weight excluding hydrogens is 676 g/mol. The maximum Gasteiger partial charge on any atom is 0.416 e. The molecule has 2 amide bonds. The van der Waals surface area contributed by atoms with Gasteiger partial charge in [0.05, 0.1) is 31.5 Å². The van der Waals surface area contributed by atoms with Gasteiger partial charge in [0.2, 0.25) is 5.89 Å². The number of carbonyl (C=O) groups excluding carboxylic acids is 2. The van der Waals surface area contributed by atoms with E-state index in [2.05, 4.69) is 39.3 Å². The molecule has 15 heteroatoms. The largest absolute Gasteiger partial charge is 0.444 e. The van der Waals surface area contributed by atoms with Gasteiger partial charge in [0.1, 0.15) is 17.7 Å². The van der Waals surface area contributed by atoms with Gasteiger partial charge in [0, 0.05) is 44.2 Å². The first-order valence-corrected chi connectivity index (χ1v) is 18.3. The van der Waals surface area contributed by atoms with Crippen molar-refractivity contribution in [1.82, 2.24) is 24.6 Å². The SMILES string of the molecule is CCCOCCOCCN(C)CC1CCC(n2cc(NC(=O)c3coc(-c4ccnc(N(CC5CC5)C(=O)OC(C)(C)C)c4)n3)c(C(F)F)n2)CC1. The lowest BCUT2D eigenvalue weighted by Gasteiger charge is -2.31. The zero-order valence-corrected chi connectivity index (χ0v) is 31.0. The maximum atomic E-state index is 14.1. The van der Waals surface area contributed by atoms with Crippen molar-refractivity contribution in [3.8, 4) is 11.5 Å². The van der Waals surface area contributed by atoms with Crippen LogP contribution in [0.2, 0.25) is 0 Å². The number of alkyl halides is 2. The Hall–Kier alpha value is -3.95. The van der Waals surface area contributed by atoms with Crippen LogP contribution in [0.15, 0.2) is 35.2 Å². The Morgan fingerprint density at radius 1 is 1.04 bits per heavy atom. The van der Waals surface area contributed by atoms with Crippen molar-refractivity contribution in [3.63, 3.8) is 0 Å². The van der Waals surface area contributed by atoms with Crippen LogP contribution in [0, 0.1) is 11.8 Å². The molecule has 0 aliphatic heterocycles. The Balaban J connectivity index is 1.16. The first-order chi connectivity index (χ1) is 24.9. The highest BCUT2D eigenvalue weighted by Crippen LogP contribution is 2.36. The molecular formula is C37H53F2N7O6. The molecule has 2 aliphatic rings. The minimum atomic E-state index is -2.88. The van der Waals surface area contributed by atoms with E-state index >= 15 is 0 Å². The number of nitrogens with one attached hydrogen (secondary N) is 1. The number of anilines is 2. The summed E-state index contributed by atoms with van der Waals surface area (Å²) in [6.07, 6.45) is 7.32. The third-order valence-electron chi connectivity index (χ3n) is 9.07. The summed E-state index contributed by atoms with van der Waals surface area (Å²) in [7, 11) is 2.09. The molecule has 0 aromatic carbocycles. The predicted octanol–water partition coefficient (Wildman–Crippen LogP) is 7.38. The highest BCUT2D eigenvalue weighted by atomic mass is 19.3. The highest BCUT2D eigenvalue weighted by molar-refractivity contribution is 6.03. The molecule has 2 fully saturated rings. The van der Waals surface area contributed by atoms with Crippen molar-refractivity contribution in [2.45, 2.75) is 90.7 Å². The molecule has 0 atom stereocenters. The van der Waals surface area contributed by atoms with Crippen LogP contribution in [0.5, 0.6) is 0 Å². The fraction of sp³-hybridized carbons (Fsp3) is 0.649. The average molecular weight is 730 g/mol. The third-order valence-corrected chi connectivity index (χ3v) is 9.07. The quantitative estimate of drug-likeness (QED) is 0.132. The van der Waals surface area contributed by atoms with Crippen LogP contribution in [0.3, 0.4) is 0 Å². The van der Waals surface area contributed by atoms with Gasteiger partial charge >= 0.3 is 6.09 Å². The Morgan fingerprint density at radius 2 is 1.73 bits per heavy atom. The van der Waals surface area contributed by atoms with Crippen LogP contribution in [0.4, 0.5) is 25.1 Å². The number of oxazole rings is 1. The maximum absolute atomic E-state index is 14.1. The number of pyridine rings is 1. The van der Waals surface area contributed by atoms with Gasteiger partial charge in [-0.25, -0.2) is 23.5 Å². The average Bonchev–Trinajstić information content (AvgIpc) is 3.60. The Morgan fingerprint density at radius 3 is 2.40 bits per heavy atom. The van der Waals surface area contributed by atoms with E-state index in [4.69, 9.17) is 18.6 Å². The molecule has 3 heterocycles. The standard InChI is InChI=1S/C37H53F2N7O6/c1-6-16-49-18-19-50-17-15-44(5)21-25-9-11-28(12-10-25)46-23-29(32(43-46)33(38)39)41-34(47)30-24-51-35(42-30)27-13-14-40-31(20-27)45(22-26-7-8-26)36(48)52-37(2,3)4/h13-14,20,23-26,28,33H,6-12,15-19,21-22H2,1-5H3,(H,41,47). The van der Waals surface area contributed by atoms with Crippen molar-refractivity contribution < 1.29 is 37.0 Å². The van der Waals surface area contributed by atoms with Gasteiger partial charge < -0.3 is 28.8 Å². The van der Waals surface area contributed by atoms with Gasteiger partial charge in [-0.05, 0) is 96.7 Å². The van der Waals surface area contributed by atoms with E-state index in [0.717, 1.165) is 64.6 Å². The van der Waals surface area contributed by atoms with Gasteiger partial charge in [-0.2, -0.15) is 5.10 Å². The first-order valence-electron chi connectivity index (χ1n) is 18.3. The molecule has 2 aliphatic carbocycles. The van der Waals surface area contributed by atoms with Crippen molar-refractivity contribution in [3.05, 3.63) is 42.2 Å². The van der Waals surface area contributed by atoms with Crippen LogP contribution in [-0.4, -0.2) is 95.4 Å². The molecule has 1 N–H and O–H groups in total. The number of ether oxygens (including phenoxy) is 3. The van der Waals surface area contributed by atoms with E-state index in [1.807, 2.05) is 0 Å². The molecule has 2 saturated carbocycles. The zero-order chi connectivity index (χ0) is 37.3. The second-order valence-electron chi connectivity index (χ2n) is 14.8. The van der Waals surface area contributed by atoms with E-state index in [-0.39, 0.29) is 23.3 Å². The lowest BCUT2D eigenvalue weighted by molar-refractivity contribution is 0.0391. The first kappa shape index (κ1) is 39.3. The van der Waals surface area contributed by atoms with Crippen molar-refractivity contribution in [1.29, 1.82) is 0 Å². The summed E-state index contributed by atoms with van der Waals surface area (Å²) in [6, 6.07) is 3.25. The number of hydrogen-bond donors (Lipinski definition) is 1. The molecule has 13 nitrogen and oxygen atoms in total. The highest BCUT2D eigenvalue weighted by Gasteiger charge is 2.32. The number of carbonyl (C=O) groups is 2. The number of halogens is 2. The molecule has 3 aromatic rings. The van der Waals surface area contributed by atoms with Crippen LogP contribution in [-0.2, 0) is 14.2 Å². The third kappa shape index (κ3) is 11.5. The van der Waals surface area contributed by atoms with E-state index in [1.54, 1.807) is 37.6 Å². The fourth-order valence-electron chi connectivity index (χ4n) is 6.19. The molecule has 5 rings (SSSR count). The molecule has 52 heavy (non-hydrogen) atoms. The van der Waals surface area contributed by atoms with E-state index in [1.165, 1.54) is 23.6 Å². The van der Waals surface area contributed by atoms with E-state index < -0.39 is 29.7 Å². The number of nitrogens with zero attached hydrogens (tertiary/aromatic N) is 6. The van der Waals surface area contributed by atoms with Gasteiger partial charge in [-0.15, -0.1) is 0 Å². The summed E-state index contributed by atoms with van der Waals surface area (Å²) in [5, 5.41) is 6.77. The van der Waals surface area contributed by atoms with E-state index in [0.29, 0.717) is 49.6 Å². The summed E-state index contributed by atoms with van der Waals surface area (Å²) in [6.45, 7) is 12.3. The molecule has 0 spiro atoms. The minimum absolute atomic E-state index is 0.0455. The van der Waals surface area contributed by atoms with Crippen molar-refractivity contribution in [2.24, 2.45) is 11.8 Å². The zero-order valence-electron chi connectivity index (χ0n) is 31.0. The molecule has 0 bridgehead atoms. The fourth-order valence-corrected chi connectivity index (χ4v) is 6.19. The molecule has 286 valence electrons. The smallest absolute Gasteiger partial charge is 0.416 e. The molecule has 0 radical (unpaired) electrons. The van der Waals surface area contributed by atoms with Gasteiger partial charge in [0.15, 0.2) is 11.4 Å². The van der Waals surface area contributed by atoms with Crippen molar-refractivity contribution >= 4 is 23.5 Å². The summed E-state index contributed by atoms with van der Waals surface area (Å²) in [5.74, 6) is 0.638. The van der Waals surface area contributed by atoms with Crippen LogP contribution < -0.4 is 10.2 Å². The number of likely N-dealkylation sites (N-methyl/N-ethyl adjacent to an activating group) is 1. The number of amides is 2. The second kappa shape index (κ2) is 18.2. The summed E-state index contributed by atoms with van der Waals surface area (Å²) in [4.78, 5) is 38.7. The Labute approximate surface area is 304 Å². The summed E-state index contributed by atoms with van der Waals surface area (Å²) >= 11 is 0. The normalized spacial score (nSPS) is 17.9. The molecule has 0 unspecified atom stereocenters. The number of hydrogen-bond acceptors (Lipinski definition) is 10. The monoisotopic (exact) mass is 729 g/mol. The lowest BCUT2D eigenvalue weighted by Crippen LogP contribution is -2.38. The Bertz CT molecular complexity index is 1600. The van der Waals surface area contributed by atoms with Crippen LogP contribution in [0.1, 0.15) is 101 Å². The van der Waals surface area contributed by atoms with E-state index in [9.17, 15) is 18.4 Å². The predicted molar refractivity (Wildman–Crippen MR) is 192 cm³/mol. The molecule has 0 saturated heterocycles. The van der Waals surface area contributed by atoms with Crippen LogP contribution in [0.25, 0.3) is 11.5 Å². The van der Waals surface area contributed by atoms with Crippen LogP contribution >= 0.6 is 0 Å². The van der Waals surface area contributed by atoms with Gasteiger partial charge in [-0.3, -0.25) is 14.4 Å². The second-order valence-corrected chi connectivity index (χ2v) is 14.8.